The van der Waals surface area contributed by atoms with Crippen LogP contribution in [0.5, 0.6) is 0 Å². The summed E-state index contributed by atoms with van der Waals surface area (Å²) in [7, 11) is 0. The minimum Gasteiger partial charge on any atom is -0.462 e. The summed E-state index contributed by atoms with van der Waals surface area (Å²) in [6, 6.07) is 10.4. The van der Waals surface area contributed by atoms with Crippen LogP contribution in [0.1, 0.15) is 21.9 Å². The highest BCUT2D eigenvalue weighted by Crippen LogP contribution is 2.31. The Bertz CT molecular complexity index is 858. The molecule has 0 radical (unpaired) electrons. The maximum atomic E-state index is 12.4. The number of thioether (sulfide) groups is 1. The molecule has 1 aromatic heterocycles. The van der Waals surface area contributed by atoms with Crippen LogP contribution in [0.3, 0.4) is 0 Å². The third-order valence-corrected chi connectivity index (χ3v) is 4.98. The summed E-state index contributed by atoms with van der Waals surface area (Å²) >= 11 is 9.60. The number of aryl methyl sites for hydroxylation is 1. The van der Waals surface area contributed by atoms with Gasteiger partial charge in [-0.1, -0.05) is 27.7 Å². The highest BCUT2D eigenvalue weighted by Gasteiger charge is 2.34. The molecule has 0 aliphatic carbocycles. The lowest BCUT2D eigenvalue weighted by atomic mass is 10.2. The van der Waals surface area contributed by atoms with E-state index in [1.807, 2.05) is 13.0 Å². The van der Waals surface area contributed by atoms with Gasteiger partial charge in [-0.3, -0.25) is 15.0 Å². The van der Waals surface area contributed by atoms with Crippen LogP contribution in [0.25, 0.3) is 6.08 Å². The molecule has 2 aromatic rings. The van der Waals surface area contributed by atoms with Crippen LogP contribution in [0, 0.1) is 6.92 Å². The largest absolute Gasteiger partial charge is 0.462 e. The number of amides is 2. The van der Waals surface area contributed by atoms with Gasteiger partial charge in [0.1, 0.15) is 11.5 Å². The van der Waals surface area contributed by atoms with Crippen molar-refractivity contribution in [2.75, 3.05) is 0 Å². The molecule has 3 rings (SSSR count). The van der Waals surface area contributed by atoms with Crippen molar-refractivity contribution in [1.82, 2.24) is 10.4 Å². The molecule has 24 heavy (non-hydrogen) atoms. The molecule has 2 amide bonds. The minimum atomic E-state index is -0.408. The van der Waals surface area contributed by atoms with E-state index in [4.69, 9.17) is 16.6 Å². The van der Waals surface area contributed by atoms with Crippen molar-refractivity contribution in [3.63, 3.8) is 0 Å². The summed E-state index contributed by atoms with van der Waals surface area (Å²) < 4.78 is 6.56. The lowest BCUT2D eigenvalue weighted by molar-refractivity contribution is -0.123. The van der Waals surface area contributed by atoms with Gasteiger partial charge >= 0.3 is 0 Å². The summed E-state index contributed by atoms with van der Waals surface area (Å²) in [5.74, 6) is 0.519. The van der Waals surface area contributed by atoms with Crippen molar-refractivity contribution in [3.8, 4) is 0 Å². The molecule has 0 bridgehead atoms. The number of hydrogen-bond acceptors (Lipinski definition) is 5. The molecule has 1 aliphatic heterocycles. The fourth-order valence-electron chi connectivity index (χ4n) is 1.99. The van der Waals surface area contributed by atoms with Gasteiger partial charge < -0.3 is 4.42 Å². The summed E-state index contributed by atoms with van der Waals surface area (Å²) in [6.45, 7) is 1.82. The Morgan fingerprint density at radius 3 is 2.62 bits per heavy atom. The summed E-state index contributed by atoms with van der Waals surface area (Å²) in [6.07, 6.45) is 1.61. The highest BCUT2D eigenvalue weighted by atomic mass is 79.9. The summed E-state index contributed by atoms with van der Waals surface area (Å²) in [4.78, 5) is 25.1. The number of nitrogens with one attached hydrogen (secondary N) is 1. The SMILES string of the molecule is Cc1ccc(C=C2SC(=S)N(NC(=O)c3ccc(Br)cc3)C2=O)o1. The number of halogens is 1. The number of benzene rings is 1. The molecule has 0 spiro atoms. The first-order valence-corrected chi connectivity index (χ1v) is 8.87. The van der Waals surface area contributed by atoms with Gasteiger partial charge in [-0.2, -0.15) is 5.01 Å². The van der Waals surface area contributed by atoms with Crippen LogP contribution in [0.15, 0.2) is 50.2 Å². The first-order valence-electron chi connectivity index (χ1n) is 6.85. The topological polar surface area (TPSA) is 62.6 Å². The second-order valence-corrected chi connectivity index (χ2v) is 7.50. The smallest absolute Gasteiger partial charge is 0.285 e. The molecule has 1 saturated heterocycles. The number of hydrogen-bond donors (Lipinski definition) is 1. The number of rotatable bonds is 3. The van der Waals surface area contributed by atoms with Gasteiger partial charge in [0.25, 0.3) is 11.8 Å². The van der Waals surface area contributed by atoms with Crippen molar-refractivity contribution >= 4 is 62.1 Å². The fourth-order valence-corrected chi connectivity index (χ4v) is 3.42. The number of nitrogens with zero attached hydrogens (tertiary/aromatic N) is 1. The Kier molecular flexibility index (Phi) is 4.88. The molecule has 0 unspecified atom stereocenters. The first kappa shape index (κ1) is 16.9. The Morgan fingerprint density at radius 1 is 1.29 bits per heavy atom. The Labute approximate surface area is 156 Å². The van der Waals surface area contributed by atoms with Crippen LogP contribution >= 0.6 is 39.9 Å². The first-order chi connectivity index (χ1) is 11.4. The average Bonchev–Trinajstić information content (AvgIpc) is 3.06. The molecule has 8 heteroatoms. The number of furan rings is 1. The van der Waals surface area contributed by atoms with Gasteiger partial charge in [0.2, 0.25) is 0 Å². The lowest BCUT2D eigenvalue weighted by Crippen LogP contribution is -2.44. The molecular weight excluding hydrogens is 412 g/mol. The van der Waals surface area contributed by atoms with Crippen molar-refractivity contribution < 1.29 is 14.0 Å². The Balaban J connectivity index is 1.76. The molecule has 2 heterocycles. The summed E-state index contributed by atoms with van der Waals surface area (Å²) in [5, 5.41) is 1.08. The van der Waals surface area contributed by atoms with Crippen molar-refractivity contribution in [2.24, 2.45) is 0 Å². The molecular formula is C16H11BrN2O3S2. The minimum absolute atomic E-state index is 0.264. The maximum absolute atomic E-state index is 12.4. The number of hydrazine groups is 1. The van der Waals surface area contributed by atoms with Gasteiger partial charge in [-0.25, -0.2) is 0 Å². The van der Waals surface area contributed by atoms with Gasteiger partial charge in [-0.15, -0.1) is 0 Å². The van der Waals surface area contributed by atoms with E-state index in [1.54, 1.807) is 36.4 Å². The van der Waals surface area contributed by atoms with Crippen molar-refractivity contribution in [1.29, 1.82) is 0 Å². The predicted molar refractivity (Wildman–Crippen MR) is 100 cm³/mol. The Morgan fingerprint density at radius 2 is 2.00 bits per heavy atom. The van der Waals surface area contributed by atoms with Gasteiger partial charge in [0.05, 0.1) is 4.91 Å². The number of thiocarbonyl (C=S) groups is 1. The van der Waals surface area contributed by atoms with Crippen LogP contribution in [0.2, 0.25) is 0 Å². The monoisotopic (exact) mass is 422 g/mol. The van der Waals surface area contributed by atoms with Crippen LogP contribution in [-0.2, 0) is 4.79 Å². The van der Waals surface area contributed by atoms with Gasteiger partial charge in [0, 0.05) is 16.1 Å². The van der Waals surface area contributed by atoms with E-state index in [2.05, 4.69) is 21.4 Å². The van der Waals surface area contributed by atoms with Gasteiger partial charge in [-0.05, 0) is 55.5 Å². The highest BCUT2D eigenvalue weighted by molar-refractivity contribution is 9.10. The fraction of sp³-hybridized carbons (Fsp3) is 0.0625. The van der Waals surface area contributed by atoms with Crippen LogP contribution < -0.4 is 5.43 Å². The zero-order valence-electron chi connectivity index (χ0n) is 12.4. The standard InChI is InChI=1S/C16H11BrN2O3S2/c1-9-2-7-12(22-9)8-13-15(21)19(16(23)24-13)18-14(20)10-3-5-11(17)6-4-10/h2-8H,1H3,(H,18,20). The Hall–Kier alpha value is -1.90. The zero-order chi connectivity index (χ0) is 17.3. The quantitative estimate of drug-likeness (QED) is 0.600. The molecule has 1 fully saturated rings. The van der Waals surface area contributed by atoms with Crippen molar-refractivity contribution in [3.05, 3.63) is 62.9 Å². The predicted octanol–water partition coefficient (Wildman–Crippen LogP) is 3.90. The molecule has 122 valence electrons. The number of carbonyl (C=O) groups excluding carboxylic acids is 2. The van der Waals surface area contributed by atoms with E-state index >= 15 is 0 Å². The van der Waals surface area contributed by atoms with Gasteiger partial charge in [0.15, 0.2) is 4.32 Å². The summed E-state index contributed by atoms with van der Waals surface area (Å²) in [5.41, 5.74) is 2.96. The normalized spacial score (nSPS) is 16.1. The zero-order valence-corrected chi connectivity index (χ0v) is 15.6. The van der Waals surface area contributed by atoms with E-state index in [0.29, 0.717) is 16.2 Å². The maximum Gasteiger partial charge on any atom is 0.285 e. The van der Waals surface area contributed by atoms with E-state index in [-0.39, 0.29) is 10.2 Å². The lowest BCUT2D eigenvalue weighted by Gasteiger charge is -2.15. The van der Waals surface area contributed by atoms with Crippen LogP contribution in [0.4, 0.5) is 0 Å². The molecule has 0 atom stereocenters. The third kappa shape index (κ3) is 3.61. The number of carbonyl (C=O) groups is 2. The van der Waals surface area contributed by atoms with E-state index in [9.17, 15) is 9.59 Å². The molecule has 1 aromatic carbocycles. The van der Waals surface area contributed by atoms with Crippen LogP contribution in [-0.4, -0.2) is 21.1 Å². The van der Waals surface area contributed by atoms with E-state index in [0.717, 1.165) is 27.0 Å². The van der Waals surface area contributed by atoms with E-state index < -0.39 is 5.91 Å². The second kappa shape index (κ2) is 6.92. The average molecular weight is 423 g/mol. The molecule has 5 nitrogen and oxygen atoms in total. The second-order valence-electron chi connectivity index (χ2n) is 4.91. The molecule has 1 N–H and O–H groups in total. The molecule has 0 saturated carbocycles. The third-order valence-electron chi connectivity index (χ3n) is 3.15. The van der Waals surface area contributed by atoms with E-state index in [1.165, 1.54) is 0 Å². The van der Waals surface area contributed by atoms with Crippen molar-refractivity contribution in [2.45, 2.75) is 6.92 Å². The molecule has 1 aliphatic rings.